The number of carboxylic acids is 1. The van der Waals surface area contributed by atoms with Gasteiger partial charge in [-0.05, 0) is 18.2 Å². The number of nitrogens with zero attached hydrogens (tertiary/aromatic N) is 1. The van der Waals surface area contributed by atoms with E-state index in [1.54, 1.807) is 7.11 Å². The number of hydrogen-bond donors (Lipinski definition) is 2. The van der Waals surface area contributed by atoms with Crippen LogP contribution in [0.4, 0.5) is 0 Å². The Labute approximate surface area is 132 Å². The van der Waals surface area contributed by atoms with Gasteiger partial charge >= 0.3 is 5.97 Å². The van der Waals surface area contributed by atoms with Crippen LogP contribution in [0.3, 0.4) is 0 Å². The molecule has 0 spiro atoms. The molecule has 0 bridgehead atoms. The molecule has 2 N–H and O–H groups in total. The molecule has 1 aromatic rings. The van der Waals surface area contributed by atoms with Crippen molar-refractivity contribution in [1.29, 1.82) is 0 Å². The maximum absolute atomic E-state index is 10.7. The minimum absolute atomic E-state index is 0.161. The van der Waals surface area contributed by atoms with E-state index in [1.165, 1.54) is 0 Å². The Morgan fingerprint density at radius 3 is 2.86 bits per heavy atom. The van der Waals surface area contributed by atoms with E-state index >= 15 is 0 Å². The van der Waals surface area contributed by atoms with Crippen LogP contribution in [0.5, 0.6) is 5.75 Å². The molecule has 0 fully saturated rings. The first-order valence-electron chi connectivity index (χ1n) is 7.52. The highest BCUT2D eigenvalue weighted by molar-refractivity contribution is 5.66. The molecule has 122 valence electrons. The number of carbonyl (C=O) groups is 1. The number of benzene rings is 1. The van der Waals surface area contributed by atoms with Gasteiger partial charge in [0.25, 0.3) is 0 Å². The van der Waals surface area contributed by atoms with Gasteiger partial charge in [0, 0.05) is 31.7 Å². The highest BCUT2D eigenvalue weighted by Crippen LogP contribution is 2.21. The van der Waals surface area contributed by atoms with E-state index in [2.05, 4.69) is 28.9 Å². The number of methoxy groups -OCH3 is 1. The maximum Gasteiger partial charge on any atom is 0.304 e. The number of aliphatic carboxylic acids is 1. The zero-order chi connectivity index (χ0) is 16.4. The summed E-state index contributed by atoms with van der Waals surface area (Å²) in [6.45, 7) is 9.29. The summed E-state index contributed by atoms with van der Waals surface area (Å²) in [6, 6.07) is 6.14. The van der Waals surface area contributed by atoms with Gasteiger partial charge in [0.15, 0.2) is 0 Å². The average Bonchev–Trinajstić information content (AvgIpc) is 2.52. The molecule has 0 aromatic heterocycles. The minimum Gasteiger partial charge on any atom is -0.496 e. The van der Waals surface area contributed by atoms with Crippen LogP contribution in [0.1, 0.15) is 24.5 Å². The first-order valence-corrected chi connectivity index (χ1v) is 7.52. The van der Waals surface area contributed by atoms with Gasteiger partial charge in [0.1, 0.15) is 5.75 Å². The summed E-state index contributed by atoms with van der Waals surface area (Å²) in [5, 5.41) is 12.0. The van der Waals surface area contributed by atoms with E-state index in [0.29, 0.717) is 6.54 Å². The SMILES string of the molecule is C=CCNCc1ccc(CN(CC)CCC(=O)O)cc1OC. The Morgan fingerprint density at radius 1 is 1.50 bits per heavy atom. The number of ether oxygens (including phenoxy) is 1. The molecule has 5 heteroatoms. The summed E-state index contributed by atoms with van der Waals surface area (Å²) >= 11 is 0. The summed E-state index contributed by atoms with van der Waals surface area (Å²) in [4.78, 5) is 12.8. The molecule has 0 aliphatic heterocycles. The molecule has 5 nitrogen and oxygen atoms in total. The first-order chi connectivity index (χ1) is 10.6. The molecular formula is C17H26N2O3. The molecule has 0 unspecified atom stereocenters. The minimum atomic E-state index is -0.764. The van der Waals surface area contributed by atoms with Crippen LogP contribution in [0.2, 0.25) is 0 Å². The molecule has 0 atom stereocenters. The molecule has 0 aliphatic rings. The van der Waals surface area contributed by atoms with Crippen LogP contribution in [0.15, 0.2) is 30.9 Å². The summed E-state index contributed by atoms with van der Waals surface area (Å²) in [5.41, 5.74) is 2.22. The van der Waals surface area contributed by atoms with Crippen LogP contribution in [0.25, 0.3) is 0 Å². The lowest BCUT2D eigenvalue weighted by Gasteiger charge is -2.20. The van der Waals surface area contributed by atoms with Gasteiger partial charge in [0.2, 0.25) is 0 Å². The number of rotatable bonds is 11. The fourth-order valence-electron chi connectivity index (χ4n) is 2.20. The summed E-state index contributed by atoms with van der Waals surface area (Å²) in [6.07, 6.45) is 1.98. The van der Waals surface area contributed by atoms with Crippen molar-refractivity contribution in [1.82, 2.24) is 10.2 Å². The largest absolute Gasteiger partial charge is 0.496 e. The van der Waals surface area contributed by atoms with Crippen LogP contribution < -0.4 is 10.1 Å². The third-order valence-electron chi connectivity index (χ3n) is 3.45. The Morgan fingerprint density at radius 2 is 2.27 bits per heavy atom. The average molecular weight is 306 g/mol. The predicted molar refractivity (Wildman–Crippen MR) is 88.1 cm³/mol. The standard InChI is InChI=1S/C17H26N2O3/c1-4-9-18-12-15-7-6-14(11-16(15)22-3)13-19(5-2)10-8-17(20)21/h4,6-7,11,18H,1,5,8-10,12-13H2,2-3H3,(H,20,21). The molecule has 0 saturated carbocycles. The van der Waals surface area contributed by atoms with Crippen molar-refractivity contribution in [3.05, 3.63) is 42.0 Å². The van der Waals surface area contributed by atoms with Crippen LogP contribution in [0, 0.1) is 0 Å². The van der Waals surface area contributed by atoms with E-state index in [1.807, 2.05) is 19.1 Å². The van der Waals surface area contributed by atoms with Gasteiger partial charge in [-0.3, -0.25) is 9.69 Å². The third kappa shape index (κ3) is 6.28. The Balaban J connectivity index is 2.70. The zero-order valence-corrected chi connectivity index (χ0v) is 13.5. The highest BCUT2D eigenvalue weighted by Gasteiger charge is 2.09. The summed E-state index contributed by atoms with van der Waals surface area (Å²) in [7, 11) is 1.66. The second kappa shape index (κ2) is 9.97. The summed E-state index contributed by atoms with van der Waals surface area (Å²) < 4.78 is 5.45. The van der Waals surface area contributed by atoms with Crippen molar-refractivity contribution >= 4 is 5.97 Å². The van der Waals surface area contributed by atoms with Crippen molar-refractivity contribution in [2.75, 3.05) is 26.7 Å². The monoisotopic (exact) mass is 306 g/mol. The summed E-state index contributed by atoms with van der Waals surface area (Å²) in [5.74, 6) is 0.0861. The van der Waals surface area contributed by atoms with Crippen molar-refractivity contribution in [3.63, 3.8) is 0 Å². The van der Waals surface area contributed by atoms with E-state index in [0.717, 1.165) is 43.1 Å². The smallest absolute Gasteiger partial charge is 0.304 e. The molecule has 0 radical (unpaired) electrons. The van der Waals surface area contributed by atoms with Crippen molar-refractivity contribution in [2.45, 2.75) is 26.4 Å². The van der Waals surface area contributed by atoms with Crippen LogP contribution in [-0.4, -0.2) is 42.7 Å². The Bertz CT molecular complexity index is 489. The normalized spacial score (nSPS) is 10.7. The molecular weight excluding hydrogens is 280 g/mol. The fraction of sp³-hybridized carbons (Fsp3) is 0.471. The number of hydrogen-bond acceptors (Lipinski definition) is 4. The first kappa shape index (κ1) is 18.2. The van der Waals surface area contributed by atoms with E-state index in [-0.39, 0.29) is 6.42 Å². The van der Waals surface area contributed by atoms with Gasteiger partial charge in [0.05, 0.1) is 13.5 Å². The molecule has 0 aliphatic carbocycles. The van der Waals surface area contributed by atoms with Crippen LogP contribution in [-0.2, 0) is 17.9 Å². The Hall–Kier alpha value is -1.85. The molecule has 0 saturated heterocycles. The highest BCUT2D eigenvalue weighted by atomic mass is 16.5. The fourth-order valence-corrected chi connectivity index (χ4v) is 2.20. The van der Waals surface area contributed by atoms with Gasteiger partial charge in [-0.2, -0.15) is 0 Å². The maximum atomic E-state index is 10.7. The van der Waals surface area contributed by atoms with Gasteiger partial charge in [-0.15, -0.1) is 6.58 Å². The van der Waals surface area contributed by atoms with E-state index in [4.69, 9.17) is 9.84 Å². The third-order valence-corrected chi connectivity index (χ3v) is 3.45. The second-order valence-electron chi connectivity index (χ2n) is 5.08. The van der Waals surface area contributed by atoms with Gasteiger partial charge in [-0.1, -0.05) is 25.1 Å². The lowest BCUT2D eigenvalue weighted by atomic mass is 10.1. The van der Waals surface area contributed by atoms with E-state index in [9.17, 15) is 4.79 Å². The molecule has 0 heterocycles. The van der Waals surface area contributed by atoms with Gasteiger partial charge < -0.3 is 15.2 Å². The number of carboxylic acid groups (broad SMARTS) is 1. The van der Waals surface area contributed by atoms with Crippen LogP contribution >= 0.6 is 0 Å². The van der Waals surface area contributed by atoms with Gasteiger partial charge in [-0.25, -0.2) is 0 Å². The molecule has 1 rings (SSSR count). The van der Waals surface area contributed by atoms with Crippen molar-refractivity contribution in [2.24, 2.45) is 0 Å². The lowest BCUT2D eigenvalue weighted by molar-refractivity contribution is -0.137. The quantitative estimate of drug-likeness (QED) is 0.485. The predicted octanol–water partition coefficient (Wildman–Crippen LogP) is 2.27. The zero-order valence-electron chi connectivity index (χ0n) is 13.5. The second-order valence-corrected chi connectivity index (χ2v) is 5.08. The number of nitrogens with one attached hydrogen (secondary N) is 1. The molecule has 0 amide bonds. The Kier molecular flexibility index (Phi) is 8.25. The molecule has 22 heavy (non-hydrogen) atoms. The van der Waals surface area contributed by atoms with E-state index < -0.39 is 5.97 Å². The van der Waals surface area contributed by atoms with Crippen molar-refractivity contribution < 1.29 is 14.6 Å². The lowest BCUT2D eigenvalue weighted by Crippen LogP contribution is -2.25. The topological polar surface area (TPSA) is 61.8 Å². The van der Waals surface area contributed by atoms with Crippen molar-refractivity contribution in [3.8, 4) is 5.75 Å². The molecule has 1 aromatic carbocycles.